The van der Waals surface area contributed by atoms with Gasteiger partial charge >= 0.3 is 0 Å². The molecule has 2 aromatic heterocycles. The lowest BCUT2D eigenvalue weighted by Gasteiger charge is -2.71. The molecule has 2 saturated heterocycles. The van der Waals surface area contributed by atoms with Gasteiger partial charge in [0.1, 0.15) is 11.9 Å². The number of nitrogens with zero attached hydrogens (tertiary/aromatic N) is 1. The standard InChI is InChI=1S/C62H89N3O7/c1-57(2)56(72-57)47(68)32-58(3)20-16-41-34-64-51-44(29-37-27-42(38-13-10-9-11-14-38)30-43(28-37)39-18-25-71-26-19-39)35-65(52(41)51)36-45-49-50(58)46(67)33-62(49,7)61(6)21-17-48-59(4,22-23-63-8)55(70)40(15-12-24-66)31-60(48,5)54(61)53(45)69/h27-28,30,34-35,38-40,45,47-48,53-54,56,63-64,66,68-69H,9-26,29,31-33,36H2,1-8H3. The number of carbonyl (C=O) groups excluding carboxylic acids is 2. The molecule has 394 valence electrons. The van der Waals surface area contributed by atoms with Crippen molar-refractivity contribution in [2.75, 3.05) is 33.4 Å². The molecule has 0 spiro atoms. The number of benzene rings is 1. The highest BCUT2D eigenvalue weighted by Crippen LogP contribution is 2.76. The number of fused-ring (bicyclic) bond motifs is 4. The number of allylic oxidation sites excluding steroid dienone is 1. The van der Waals surface area contributed by atoms with Gasteiger partial charge in [0.15, 0.2) is 5.78 Å². The molecule has 3 aliphatic heterocycles. The number of ketones is 2. The van der Waals surface area contributed by atoms with E-state index < -0.39 is 44.9 Å². The summed E-state index contributed by atoms with van der Waals surface area (Å²) in [4.78, 5) is 34.3. The van der Waals surface area contributed by atoms with Crippen molar-refractivity contribution in [3.63, 3.8) is 0 Å². The second-order valence-electron chi connectivity index (χ2n) is 26.9. The Labute approximate surface area is 430 Å². The van der Waals surface area contributed by atoms with Crippen molar-refractivity contribution in [3.8, 4) is 0 Å². The molecule has 10 heteroatoms. The molecule has 10 nitrogen and oxygen atoms in total. The molecular formula is C62H89N3O7. The number of aliphatic hydroxyl groups excluding tert-OH is 3. The maximum absolute atomic E-state index is 15.6. The van der Waals surface area contributed by atoms with Gasteiger partial charge in [0.25, 0.3) is 0 Å². The molecule has 5 N–H and O–H groups in total. The minimum Gasteiger partial charge on any atom is -0.396 e. The topological polar surface area (TPSA) is 149 Å². The highest BCUT2D eigenvalue weighted by Gasteiger charge is 2.73. The summed E-state index contributed by atoms with van der Waals surface area (Å²) in [6.07, 6.45) is 18.7. The number of ether oxygens (including phenoxy) is 2. The zero-order chi connectivity index (χ0) is 50.8. The molecule has 0 radical (unpaired) electrons. The van der Waals surface area contributed by atoms with Gasteiger partial charge in [0.2, 0.25) is 0 Å². The molecule has 3 aromatic rings. The van der Waals surface area contributed by atoms with Gasteiger partial charge in [0, 0.05) is 79.8 Å². The van der Waals surface area contributed by atoms with E-state index in [1.165, 1.54) is 65.4 Å². The van der Waals surface area contributed by atoms with E-state index >= 15 is 4.79 Å². The number of nitrogens with one attached hydrogen (secondary N) is 2. The number of carbonyl (C=O) groups is 2. The molecule has 5 heterocycles. The van der Waals surface area contributed by atoms with Crippen LogP contribution in [-0.2, 0) is 38.4 Å². The summed E-state index contributed by atoms with van der Waals surface area (Å²) in [6, 6.07) is 7.56. The van der Waals surface area contributed by atoms with Crippen LogP contribution in [0, 0.1) is 50.7 Å². The first kappa shape index (κ1) is 51.0. The minimum absolute atomic E-state index is 0.0511. The molecule has 11 rings (SSSR count). The van der Waals surface area contributed by atoms with E-state index in [1.807, 2.05) is 20.9 Å². The van der Waals surface area contributed by atoms with E-state index in [-0.39, 0.29) is 42.2 Å². The molecule has 0 bridgehead atoms. The zero-order valence-corrected chi connectivity index (χ0v) is 45.3. The normalized spacial score (nSPS) is 38.4. The number of aliphatic hydroxyl groups is 3. The lowest BCUT2D eigenvalue weighted by atomic mass is 9.33. The molecule has 4 saturated carbocycles. The Bertz CT molecular complexity index is 2560. The number of Topliss-reactive ketones (excluding diaryl/α,β-unsaturated/α-hetero) is 2. The number of aromatic nitrogens is 2. The molecule has 72 heavy (non-hydrogen) atoms. The molecule has 6 fully saturated rings. The van der Waals surface area contributed by atoms with Crippen LogP contribution in [-0.4, -0.2) is 93.8 Å². The summed E-state index contributed by atoms with van der Waals surface area (Å²) in [5.41, 5.74) is 8.09. The van der Waals surface area contributed by atoms with Crippen molar-refractivity contribution in [1.29, 1.82) is 0 Å². The second-order valence-corrected chi connectivity index (χ2v) is 26.9. The fourth-order valence-corrected chi connectivity index (χ4v) is 18.6. The highest BCUT2D eigenvalue weighted by atomic mass is 16.6. The fraction of sp³-hybridized carbons (Fsp3) is 0.742. The van der Waals surface area contributed by atoms with Crippen LogP contribution >= 0.6 is 0 Å². The predicted molar refractivity (Wildman–Crippen MR) is 283 cm³/mol. The van der Waals surface area contributed by atoms with Crippen LogP contribution in [0.3, 0.4) is 0 Å². The Morgan fingerprint density at radius 3 is 2.32 bits per heavy atom. The average Bonchev–Trinajstić information content (AvgIpc) is 3.59. The second kappa shape index (κ2) is 18.6. The average molecular weight is 988 g/mol. The smallest absolute Gasteiger partial charge is 0.160 e. The minimum atomic E-state index is -0.788. The van der Waals surface area contributed by atoms with Gasteiger partial charge in [-0.15, -0.1) is 0 Å². The van der Waals surface area contributed by atoms with Crippen LogP contribution < -0.4 is 5.32 Å². The largest absolute Gasteiger partial charge is 0.396 e. The maximum Gasteiger partial charge on any atom is 0.160 e. The monoisotopic (exact) mass is 988 g/mol. The van der Waals surface area contributed by atoms with Crippen molar-refractivity contribution >= 4 is 22.6 Å². The molecule has 0 amide bonds. The van der Waals surface area contributed by atoms with Crippen LogP contribution in [0.15, 0.2) is 41.7 Å². The van der Waals surface area contributed by atoms with E-state index in [2.05, 4.69) is 80.1 Å². The van der Waals surface area contributed by atoms with Gasteiger partial charge < -0.3 is 39.7 Å². The number of rotatable bonds is 13. The maximum atomic E-state index is 15.6. The number of aryl methyl sites for hydroxylation is 1. The van der Waals surface area contributed by atoms with Gasteiger partial charge in [-0.3, -0.25) is 9.59 Å². The van der Waals surface area contributed by atoms with Gasteiger partial charge in [-0.25, -0.2) is 0 Å². The van der Waals surface area contributed by atoms with Crippen LogP contribution in [0.1, 0.15) is 191 Å². The lowest BCUT2D eigenvalue weighted by molar-refractivity contribution is -0.228. The third-order valence-electron chi connectivity index (χ3n) is 22.2. The summed E-state index contributed by atoms with van der Waals surface area (Å²) in [7, 11) is 1.97. The Morgan fingerprint density at radius 2 is 1.64 bits per heavy atom. The number of hydrogen-bond acceptors (Lipinski definition) is 8. The van der Waals surface area contributed by atoms with E-state index in [4.69, 9.17) is 9.47 Å². The van der Waals surface area contributed by atoms with E-state index in [0.29, 0.717) is 62.7 Å². The number of H-pyrrole nitrogens is 1. The third-order valence-corrected chi connectivity index (χ3v) is 22.2. The van der Waals surface area contributed by atoms with Crippen LogP contribution in [0.25, 0.3) is 11.0 Å². The van der Waals surface area contributed by atoms with Crippen molar-refractivity contribution < 1.29 is 34.4 Å². The molecular weight excluding hydrogens is 899 g/mol. The van der Waals surface area contributed by atoms with Crippen molar-refractivity contribution in [3.05, 3.63) is 69.6 Å². The van der Waals surface area contributed by atoms with Crippen LogP contribution in [0.4, 0.5) is 0 Å². The number of aromatic amines is 1. The lowest BCUT2D eigenvalue weighted by Crippen LogP contribution is -2.69. The van der Waals surface area contributed by atoms with E-state index in [1.54, 1.807) is 0 Å². The summed E-state index contributed by atoms with van der Waals surface area (Å²) >= 11 is 0. The van der Waals surface area contributed by atoms with Crippen LogP contribution in [0.5, 0.6) is 0 Å². The summed E-state index contributed by atoms with van der Waals surface area (Å²) in [5.74, 6) is 0.916. The van der Waals surface area contributed by atoms with Gasteiger partial charge in [-0.1, -0.05) is 72.1 Å². The summed E-state index contributed by atoms with van der Waals surface area (Å²) < 4.78 is 14.4. The quantitative estimate of drug-likeness (QED) is 0.106. The first-order chi connectivity index (χ1) is 34.3. The van der Waals surface area contributed by atoms with E-state index in [0.717, 1.165) is 81.4 Å². The number of hydrogen-bond donors (Lipinski definition) is 5. The first-order valence-electron chi connectivity index (χ1n) is 28.8. The van der Waals surface area contributed by atoms with Gasteiger partial charge in [-0.2, -0.15) is 0 Å². The van der Waals surface area contributed by atoms with Crippen LogP contribution in [0.2, 0.25) is 0 Å². The molecule has 12 atom stereocenters. The van der Waals surface area contributed by atoms with Crippen molar-refractivity contribution in [1.82, 2.24) is 14.9 Å². The van der Waals surface area contributed by atoms with Crippen molar-refractivity contribution in [2.24, 2.45) is 50.7 Å². The summed E-state index contributed by atoms with van der Waals surface area (Å²) in [5, 5.41) is 39.7. The summed E-state index contributed by atoms with van der Waals surface area (Å²) in [6.45, 7) is 18.7. The Balaban J connectivity index is 1.06. The zero-order valence-electron chi connectivity index (χ0n) is 45.3. The fourth-order valence-electron chi connectivity index (χ4n) is 18.6. The Kier molecular flexibility index (Phi) is 13.2. The Hall–Kier alpha value is -3.12. The molecule has 8 aliphatic rings. The number of epoxide rings is 1. The van der Waals surface area contributed by atoms with Crippen molar-refractivity contribution in [2.45, 2.75) is 206 Å². The highest BCUT2D eigenvalue weighted by molar-refractivity contribution is 6.02. The molecule has 1 aromatic carbocycles. The van der Waals surface area contributed by atoms with Gasteiger partial charge in [0.05, 0.1) is 28.8 Å². The first-order valence-corrected chi connectivity index (χ1v) is 28.8. The predicted octanol–water partition coefficient (Wildman–Crippen LogP) is 10.7. The van der Waals surface area contributed by atoms with E-state index in [9.17, 15) is 20.1 Å². The SMILES string of the molecule is CNCCC1(C)C(=O)C(CCCO)CC2(C)C1CCC1(C)C2C(O)C2Cn3cc(Cc4cc(C5CCCCC5)cc(C5CCOCC5)c4)c4[nH]cc(c43)CCC(C)(CC(O)C3OC3(C)C)C3=C2C1(C)CC3=O. The third kappa shape index (κ3) is 8.05. The molecule has 5 aliphatic carbocycles. The molecule has 12 unspecified atom stereocenters. The van der Waals surface area contributed by atoms with Gasteiger partial charge in [-0.05, 0) is 184 Å². The Morgan fingerprint density at radius 1 is 0.931 bits per heavy atom.